The number of halogens is 3. The van der Waals surface area contributed by atoms with Crippen LogP contribution in [0.2, 0.25) is 0 Å². The van der Waals surface area contributed by atoms with Gasteiger partial charge in [0.2, 0.25) is 5.60 Å². The van der Waals surface area contributed by atoms with E-state index in [0.29, 0.717) is 47.0 Å². The Labute approximate surface area is 204 Å². The van der Waals surface area contributed by atoms with E-state index in [0.717, 1.165) is 0 Å². The Hall–Kier alpha value is -3.09. The number of nitrogens with one attached hydrogen (secondary N) is 1. The number of rotatable bonds is 5. The summed E-state index contributed by atoms with van der Waals surface area (Å²) >= 11 is 0. The first kappa shape index (κ1) is 23.3. The minimum absolute atomic E-state index is 0.0449. The van der Waals surface area contributed by atoms with E-state index in [-0.39, 0.29) is 25.9 Å². The Balaban J connectivity index is 1.35. The van der Waals surface area contributed by atoms with Gasteiger partial charge in [-0.15, -0.1) is 0 Å². The van der Waals surface area contributed by atoms with Crippen molar-refractivity contribution in [3.63, 3.8) is 0 Å². The molecule has 1 spiro atoms. The van der Waals surface area contributed by atoms with Gasteiger partial charge in [-0.25, -0.2) is 13.9 Å². The van der Waals surface area contributed by atoms with Crippen molar-refractivity contribution in [3.05, 3.63) is 47.9 Å². The Morgan fingerprint density at radius 2 is 1.97 bits per heavy atom. The lowest BCUT2D eigenvalue weighted by atomic mass is 9.92. The number of hydrogen-bond acceptors (Lipinski definition) is 8. The van der Waals surface area contributed by atoms with Gasteiger partial charge < -0.3 is 29.9 Å². The van der Waals surface area contributed by atoms with Crippen LogP contribution in [0.3, 0.4) is 0 Å². The van der Waals surface area contributed by atoms with Crippen LogP contribution in [-0.2, 0) is 11.2 Å². The van der Waals surface area contributed by atoms with Gasteiger partial charge in [0.25, 0.3) is 0 Å². The van der Waals surface area contributed by atoms with Crippen LogP contribution in [0.5, 0.6) is 5.75 Å². The molecule has 0 amide bonds. The van der Waals surface area contributed by atoms with Gasteiger partial charge in [-0.2, -0.15) is 13.9 Å². The third-order valence-electron chi connectivity index (χ3n) is 7.42. The van der Waals surface area contributed by atoms with Crippen molar-refractivity contribution in [1.29, 1.82) is 0 Å². The number of piperidine rings is 1. The zero-order valence-electron chi connectivity index (χ0n) is 19.3. The number of benzene rings is 1. The summed E-state index contributed by atoms with van der Waals surface area (Å²) in [7, 11) is 0. The molecule has 2 aromatic heterocycles. The van der Waals surface area contributed by atoms with Gasteiger partial charge in [0.05, 0.1) is 36.3 Å². The summed E-state index contributed by atoms with van der Waals surface area (Å²) in [6.07, 6.45) is 3.77. The van der Waals surface area contributed by atoms with Crippen LogP contribution >= 0.6 is 0 Å². The second-order valence-electron chi connectivity index (χ2n) is 9.78. The summed E-state index contributed by atoms with van der Waals surface area (Å²) in [6, 6.07) is 5.07. The molecule has 6 rings (SSSR count). The van der Waals surface area contributed by atoms with E-state index in [1.54, 1.807) is 30.6 Å². The van der Waals surface area contributed by atoms with Crippen LogP contribution in [0.15, 0.2) is 36.8 Å². The lowest BCUT2D eigenvalue weighted by molar-refractivity contribution is -0.120. The Morgan fingerprint density at radius 3 is 2.69 bits per heavy atom. The molecular weight excluding hydrogens is 479 g/mol. The summed E-state index contributed by atoms with van der Waals surface area (Å²) in [4.78, 5) is 6.17. The average Bonchev–Trinajstić information content (AvgIpc) is 3.54. The van der Waals surface area contributed by atoms with Crippen molar-refractivity contribution < 1.29 is 32.9 Å². The molecule has 1 aromatic carbocycles. The van der Waals surface area contributed by atoms with Crippen LogP contribution in [0.25, 0.3) is 5.65 Å². The smallest absolute Gasteiger partial charge is 0.312 e. The number of hydrogen-bond donors (Lipinski definition) is 3. The van der Waals surface area contributed by atoms with Gasteiger partial charge in [0.1, 0.15) is 18.0 Å². The van der Waals surface area contributed by atoms with E-state index in [4.69, 9.17) is 9.47 Å². The number of aromatic nitrogens is 3. The van der Waals surface area contributed by atoms with Crippen LogP contribution in [-0.4, -0.2) is 74.9 Å². The highest BCUT2D eigenvalue weighted by atomic mass is 19.3. The molecule has 0 radical (unpaired) electrons. The van der Waals surface area contributed by atoms with Crippen molar-refractivity contribution in [2.75, 3.05) is 43.1 Å². The highest BCUT2D eigenvalue weighted by Gasteiger charge is 2.63. The first-order valence-corrected chi connectivity index (χ1v) is 11.8. The lowest BCUT2D eigenvalue weighted by Crippen LogP contribution is -2.51. The van der Waals surface area contributed by atoms with Crippen LogP contribution in [0.1, 0.15) is 30.2 Å². The molecule has 36 heavy (non-hydrogen) atoms. The maximum absolute atomic E-state index is 14.7. The molecule has 2 saturated heterocycles. The number of fused-ring (bicyclic) bond motifs is 2. The Kier molecular flexibility index (Phi) is 5.32. The topological polar surface area (TPSA) is 104 Å². The minimum atomic E-state index is -3.15. The summed E-state index contributed by atoms with van der Waals surface area (Å²) in [5.41, 5.74) is -0.911. The summed E-state index contributed by atoms with van der Waals surface area (Å²) < 4.78 is 56.5. The Morgan fingerprint density at radius 1 is 1.17 bits per heavy atom. The van der Waals surface area contributed by atoms with E-state index in [1.165, 1.54) is 10.7 Å². The number of ether oxygens (including phenoxy) is 2. The van der Waals surface area contributed by atoms with Crippen molar-refractivity contribution in [2.45, 2.75) is 42.7 Å². The first-order valence-electron chi connectivity index (χ1n) is 11.8. The van der Waals surface area contributed by atoms with E-state index in [1.807, 2.05) is 4.90 Å². The second-order valence-corrected chi connectivity index (χ2v) is 9.78. The van der Waals surface area contributed by atoms with E-state index in [2.05, 4.69) is 15.4 Å². The molecule has 0 aliphatic carbocycles. The third kappa shape index (κ3) is 3.66. The number of aliphatic hydroxyl groups is 2. The van der Waals surface area contributed by atoms with Gasteiger partial charge in [-0.3, -0.25) is 0 Å². The van der Waals surface area contributed by atoms with Gasteiger partial charge in [0, 0.05) is 56.4 Å². The predicted molar refractivity (Wildman–Crippen MR) is 123 cm³/mol. The molecule has 0 bridgehead atoms. The van der Waals surface area contributed by atoms with Gasteiger partial charge in [-0.05, 0) is 12.1 Å². The zero-order chi connectivity index (χ0) is 25.1. The first-order chi connectivity index (χ1) is 17.2. The molecule has 3 N–H and O–H groups in total. The number of nitrogens with zero attached hydrogens (tertiary/aromatic N) is 4. The fourth-order valence-corrected chi connectivity index (χ4v) is 5.21. The monoisotopic (exact) mass is 505 g/mol. The fourth-order valence-electron chi connectivity index (χ4n) is 5.21. The van der Waals surface area contributed by atoms with Gasteiger partial charge >= 0.3 is 5.92 Å². The average molecular weight is 505 g/mol. The van der Waals surface area contributed by atoms with Crippen molar-refractivity contribution >= 4 is 17.0 Å². The van der Waals surface area contributed by atoms with E-state index >= 15 is 0 Å². The maximum Gasteiger partial charge on any atom is 0.312 e. The lowest BCUT2D eigenvalue weighted by Gasteiger charge is -2.37. The largest absolute Gasteiger partial charge is 0.478 e. The van der Waals surface area contributed by atoms with Crippen LogP contribution in [0, 0.1) is 0 Å². The van der Waals surface area contributed by atoms with E-state index < -0.39 is 36.6 Å². The highest BCUT2D eigenvalue weighted by molar-refractivity contribution is 5.75. The van der Waals surface area contributed by atoms with Crippen molar-refractivity contribution in [2.24, 2.45) is 0 Å². The van der Waals surface area contributed by atoms with Gasteiger partial charge in [-0.1, -0.05) is 0 Å². The molecular formula is C24H26F3N5O4. The SMILES string of the molecule is OCC1(F)CCN(c2cc3c(cc2NC(O)c2cnn4cccnc24)C[C@@]2(COCC2(F)F)O3)CC1. The van der Waals surface area contributed by atoms with E-state index in [9.17, 15) is 23.4 Å². The molecule has 2 fully saturated rings. The molecule has 3 aromatic rings. The second kappa shape index (κ2) is 8.22. The molecule has 1 unspecified atom stereocenters. The summed E-state index contributed by atoms with van der Waals surface area (Å²) in [5.74, 6) is -2.84. The molecule has 12 heteroatoms. The molecule has 5 heterocycles. The standard InChI is InChI=1S/C24H26F3N5O4/c25-22(12-33)2-6-31(7-3-22)18-9-19-15(10-23(36-19)13-35-14-24(23,26)27)8-17(18)30-21(34)16-11-29-32-5-1-4-28-20(16)32/h1,4-5,8-9,11,21,30,33-34H,2-3,6-7,10,12-14H2/t21?,23-/m0/s1. The number of anilines is 2. The number of alkyl halides is 3. The quantitative estimate of drug-likeness (QED) is 0.455. The zero-order valence-corrected chi connectivity index (χ0v) is 19.3. The molecule has 3 aliphatic rings. The highest BCUT2D eigenvalue weighted by Crippen LogP contribution is 2.50. The number of aliphatic hydroxyl groups excluding tert-OH is 2. The molecule has 9 nitrogen and oxygen atoms in total. The minimum Gasteiger partial charge on any atom is -0.478 e. The molecule has 192 valence electrons. The van der Waals surface area contributed by atoms with Gasteiger partial charge in [0.15, 0.2) is 11.9 Å². The van der Waals surface area contributed by atoms with Crippen LogP contribution in [0.4, 0.5) is 24.5 Å². The van der Waals surface area contributed by atoms with Crippen LogP contribution < -0.4 is 15.0 Å². The maximum atomic E-state index is 14.7. The Bertz CT molecular complexity index is 1300. The molecule has 2 atom stereocenters. The summed E-state index contributed by atoms with van der Waals surface area (Å²) in [6.45, 7) is -0.900. The third-order valence-corrected chi connectivity index (χ3v) is 7.42. The van der Waals surface area contributed by atoms with Crippen molar-refractivity contribution in [3.8, 4) is 5.75 Å². The summed E-state index contributed by atoms with van der Waals surface area (Å²) in [5, 5.41) is 27.7. The molecule has 0 saturated carbocycles. The van der Waals surface area contributed by atoms with Crippen molar-refractivity contribution in [1.82, 2.24) is 14.6 Å². The normalized spacial score (nSPS) is 25.2. The predicted octanol–water partition coefficient (Wildman–Crippen LogP) is 2.47. The fraction of sp³-hybridized carbons (Fsp3) is 0.500. The molecule has 3 aliphatic heterocycles.